The molecule has 7 heteroatoms. The van der Waals surface area contributed by atoms with Crippen molar-refractivity contribution in [2.75, 3.05) is 18.2 Å². The van der Waals surface area contributed by atoms with E-state index < -0.39 is 21.8 Å². The van der Waals surface area contributed by atoms with Crippen molar-refractivity contribution in [2.24, 2.45) is 0 Å². The van der Waals surface area contributed by atoms with E-state index in [1.165, 1.54) is 13.2 Å². The first-order chi connectivity index (χ1) is 8.94. The van der Waals surface area contributed by atoms with Gasteiger partial charge in [0.05, 0.1) is 23.4 Å². The third-order valence-electron chi connectivity index (χ3n) is 3.02. The lowest BCUT2D eigenvalue weighted by atomic mass is 10.1. The summed E-state index contributed by atoms with van der Waals surface area (Å²) in [4.78, 5) is 10.8. The second kappa shape index (κ2) is 5.08. The number of nitrogens with one attached hydrogen (secondary N) is 1. The van der Waals surface area contributed by atoms with E-state index in [-0.39, 0.29) is 23.5 Å². The summed E-state index contributed by atoms with van der Waals surface area (Å²) in [5.41, 5.74) is 0.423. The molecule has 2 rings (SSSR count). The van der Waals surface area contributed by atoms with Crippen LogP contribution in [0.4, 0.5) is 5.69 Å². The van der Waals surface area contributed by atoms with E-state index in [0.717, 1.165) is 0 Å². The molecule has 0 saturated heterocycles. The molecule has 1 atom stereocenters. The molecule has 0 aliphatic carbocycles. The lowest BCUT2D eigenvalue weighted by molar-refractivity contribution is -0.137. The van der Waals surface area contributed by atoms with Gasteiger partial charge in [0, 0.05) is 12.5 Å². The maximum atomic E-state index is 12.2. The zero-order valence-corrected chi connectivity index (χ0v) is 11.2. The number of ether oxygens (including phenoxy) is 1. The average molecular weight is 285 g/mol. The quantitative estimate of drug-likeness (QED) is 0.861. The van der Waals surface area contributed by atoms with Crippen molar-refractivity contribution in [1.29, 1.82) is 0 Å². The Kier molecular flexibility index (Phi) is 3.66. The first-order valence-corrected chi connectivity index (χ1v) is 7.47. The average Bonchev–Trinajstić information content (AvgIpc) is 2.35. The molecule has 104 valence electrons. The molecule has 2 N–H and O–H groups in total. The Morgan fingerprint density at radius 3 is 2.89 bits per heavy atom. The van der Waals surface area contributed by atoms with Gasteiger partial charge in [-0.3, -0.25) is 4.79 Å². The van der Waals surface area contributed by atoms with Gasteiger partial charge < -0.3 is 15.2 Å². The third kappa shape index (κ3) is 2.81. The van der Waals surface area contributed by atoms with Gasteiger partial charge in [0.1, 0.15) is 5.75 Å². The zero-order valence-electron chi connectivity index (χ0n) is 10.4. The van der Waals surface area contributed by atoms with E-state index in [4.69, 9.17) is 9.84 Å². The number of hydrogen-bond donors (Lipinski definition) is 2. The number of rotatable bonds is 4. The molecule has 0 amide bonds. The molecular formula is C12H15NO5S. The van der Waals surface area contributed by atoms with E-state index in [1.54, 1.807) is 12.1 Å². The largest absolute Gasteiger partial charge is 0.495 e. The minimum atomic E-state index is -3.41. The summed E-state index contributed by atoms with van der Waals surface area (Å²) in [6, 6.07) is 4.40. The summed E-state index contributed by atoms with van der Waals surface area (Å²) in [7, 11) is -1.94. The number of para-hydroxylation sites is 1. The van der Waals surface area contributed by atoms with E-state index in [0.29, 0.717) is 11.4 Å². The maximum Gasteiger partial charge on any atom is 0.303 e. The van der Waals surface area contributed by atoms with Crippen molar-refractivity contribution >= 4 is 21.5 Å². The Morgan fingerprint density at radius 1 is 1.53 bits per heavy atom. The van der Waals surface area contributed by atoms with Crippen molar-refractivity contribution in [3.8, 4) is 5.75 Å². The number of carboxylic acids is 1. The normalized spacial score (nSPS) is 20.2. The molecule has 1 aromatic carbocycles. The lowest BCUT2D eigenvalue weighted by Gasteiger charge is -2.27. The highest BCUT2D eigenvalue weighted by atomic mass is 32.2. The molecule has 0 fully saturated rings. The van der Waals surface area contributed by atoms with Crippen LogP contribution in [-0.4, -0.2) is 38.4 Å². The highest BCUT2D eigenvalue weighted by Gasteiger charge is 2.31. The minimum Gasteiger partial charge on any atom is -0.495 e. The number of fused-ring (bicyclic) bond motifs is 1. The highest BCUT2D eigenvalue weighted by molar-refractivity contribution is 7.91. The van der Waals surface area contributed by atoms with Crippen LogP contribution in [0.15, 0.2) is 23.1 Å². The number of hydrogen-bond acceptors (Lipinski definition) is 5. The molecule has 0 aromatic heterocycles. The van der Waals surface area contributed by atoms with Crippen LogP contribution in [0.3, 0.4) is 0 Å². The molecule has 1 heterocycles. The molecule has 1 aliphatic heterocycles. The highest BCUT2D eigenvalue weighted by Crippen LogP contribution is 2.36. The lowest BCUT2D eigenvalue weighted by Crippen LogP contribution is -2.34. The van der Waals surface area contributed by atoms with Crippen LogP contribution in [0.1, 0.15) is 12.8 Å². The van der Waals surface area contributed by atoms with Crippen LogP contribution < -0.4 is 10.1 Å². The summed E-state index contributed by atoms with van der Waals surface area (Å²) in [5, 5.41) is 11.7. The summed E-state index contributed by atoms with van der Waals surface area (Å²) >= 11 is 0. The van der Waals surface area contributed by atoms with Gasteiger partial charge in [0.15, 0.2) is 9.84 Å². The predicted molar refractivity (Wildman–Crippen MR) is 69.3 cm³/mol. The van der Waals surface area contributed by atoms with E-state index in [2.05, 4.69) is 5.32 Å². The van der Waals surface area contributed by atoms with Gasteiger partial charge in [-0.05, 0) is 18.6 Å². The van der Waals surface area contributed by atoms with Crippen LogP contribution in [0.25, 0.3) is 0 Å². The number of benzene rings is 1. The van der Waals surface area contributed by atoms with E-state index in [1.807, 2.05) is 0 Å². The SMILES string of the molecule is COc1cccc2c1NC(CCC(=O)O)CS2(=O)=O. The fourth-order valence-electron chi connectivity index (χ4n) is 2.14. The number of methoxy groups -OCH3 is 1. The van der Waals surface area contributed by atoms with Gasteiger partial charge >= 0.3 is 5.97 Å². The summed E-state index contributed by atoms with van der Waals surface area (Å²) in [6.07, 6.45) is 0.184. The van der Waals surface area contributed by atoms with Crippen LogP contribution in [0, 0.1) is 0 Å². The molecule has 1 unspecified atom stereocenters. The summed E-state index contributed by atoms with van der Waals surface area (Å²) < 4.78 is 29.4. The Bertz CT molecular complexity index is 596. The minimum absolute atomic E-state index is 0.0718. The Labute approximate surface area is 111 Å². The first kappa shape index (κ1) is 13.7. The fourth-order valence-corrected chi connectivity index (χ4v) is 3.85. The van der Waals surface area contributed by atoms with Gasteiger partial charge in [0.2, 0.25) is 0 Å². The monoisotopic (exact) mass is 285 g/mol. The molecule has 19 heavy (non-hydrogen) atoms. The molecule has 0 spiro atoms. The molecule has 1 aliphatic rings. The van der Waals surface area contributed by atoms with Crippen molar-refractivity contribution in [3.63, 3.8) is 0 Å². The molecule has 0 bridgehead atoms. The second-order valence-electron chi connectivity index (χ2n) is 4.39. The third-order valence-corrected chi connectivity index (χ3v) is 4.87. The second-order valence-corrected chi connectivity index (χ2v) is 6.39. The summed E-state index contributed by atoms with van der Waals surface area (Å²) in [6.45, 7) is 0. The topological polar surface area (TPSA) is 92.7 Å². The number of carbonyl (C=O) groups is 1. The Hall–Kier alpha value is -1.76. The predicted octanol–water partition coefficient (Wildman–Crippen LogP) is 1.13. The van der Waals surface area contributed by atoms with Crippen LogP contribution in [0.2, 0.25) is 0 Å². The van der Waals surface area contributed by atoms with Crippen LogP contribution in [-0.2, 0) is 14.6 Å². The van der Waals surface area contributed by atoms with E-state index >= 15 is 0 Å². The maximum absolute atomic E-state index is 12.2. The fraction of sp³-hybridized carbons (Fsp3) is 0.417. The number of sulfone groups is 1. The Morgan fingerprint density at radius 2 is 2.26 bits per heavy atom. The standard InChI is InChI=1S/C12H15NO5S/c1-18-9-3-2-4-10-12(9)13-8(5-6-11(14)15)7-19(10,16)17/h2-4,8,13H,5-7H2,1H3,(H,14,15). The van der Waals surface area contributed by atoms with E-state index in [9.17, 15) is 13.2 Å². The smallest absolute Gasteiger partial charge is 0.303 e. The van der Waals surface area contributed by atoms with Crippen LogP contribution in [0.5, 0.6) is 5.75 Å². The number of aliphatic carboxylic acids is 1. The molecular weight excluding hydrogens is 270 g/mol. The molecule has 6 nitrogen and oxygen atoms in total. The van der Waals surface area contributed by atoms with Gasteiger partial charge in [-0.15, -0.1) is 0 Å². The van der Waals surface area contributed by atoms with Gasteiger partial charge in [-0.25, -0.2) is 8.42 Å². The molecule has 0 saturated carbocycles. The number of carboxylic acid groups (broad SMARTS) is 1. The van der Waals surface area contributed by atoms with Crippen LogP contribution >= 0.6 is 0 Å². The van der Waals surface area contributed by atoms with Gasteiger partial charge in [-0.2, -0.15) is 0 Å². The first-order valence-electron chi connectivity index (χ1n) is 5.82. The summed E-state index contributed by atoms with van der Waals surface area (Å²) in [5.74, 6) is -0.591. The molecule has 0 radical (unpaired) electrons. The molecule has 1 aromatic rings. The van der Waals surface area contributed by atoms with Gasteiger partial charge in [0.25, 0.3) is 0 Å². The van der Waals surface area contributed by atoms with Crippen molar-refractivity contribution < 1.29 is 23.1 Å². The van der Waals surface area contributed by atoms with Crippen molar-refractivity contribution in [2.45, 2.75) is 23.8 Å². The number of anilines is 1. The Balaban J connectivity index is 2.34. The zero-order chi connectivity index (χ0) is 14.0. The van der Waals surface area contributed by atoms with Crippen molar-refractivity contribution in [3.05, 3.63) is 18.2 Å². The van der Waals surface area contributed by atoms with Gasteiger partial charge in [-0.1, -0.05) is 6.07 Å². The van der Waals surface area contributed by atoms with Crippen molar-refractivity contribution in [1.82, 2.24) is 0 Å².